The van der Waals surface area contributed by atoms with Crippen molar-refractivity contribution >= 4 is 5.91 Å². The van der Waals surface area contributed by atoms with Crippen LogP contribution in [-0.2, 0) is 38.0 Å². The van der Waals surface area contributed by atoms with Crippen LogP contribution in [0.15, 0.2) is 0 Å². The zero-order valence-electron chi connectivity index (χ0n) is 25.3. The summed E-state index contributed by atoms with van der Waals surface area (Å²) in [7, 11) is 0. The lowest BCUT2D eigenvalue weighted by molar-refractivity contribution is -0.400. The van der Waals surface area contributed by atoms with Crippen LogP contribution in [0.3, 0.4) is 0 Å². The van der Waals surface area contributed by atoms with Crippen LogP contribution in [0, 0.1) is 0 Å². The normalized spacial score (nSPS) is 51.0. The topological polar surface area (TPSA) is 336 Å². The molecule has 20 atom stereocenters. The molecule has 0 aromatic carbocycles. The van der Waals surface area contributed by atoms with Gasteiger partial charge in [-0.25, -0.2) is 0 Å². The van der Waals surface area contributed by atoms with Crippen LogP contribution in [0.4, 0.5) is 0 Å². The van der Waals surface area contributed by atoms with E-state index in [1.54, 1.807) is 0 Å². The average Bonchev–Trinajstić information content (AvgIpc) is 3.04. The zero-order valence-corrected chi connectivity index (χ0v) is 25.3. The number of nitrogens with one attached hydrogen (secondary N) is 1. The van der Waals surface area contributed by atoms with Crippen LogP contribution in [-0.4, -0.2) is 210 Å². The SMILES string of the molecule is CC(=O)NC1C(O)OC(CO)C(O)C1OC1OC(CO)C(O)C(OC2OC(CO)C(O)C(O)C2O)C1OC1OC(C)C(O)C(O)C1O. The quantitative estimate of drug-likeness (QED) is 0.101. The van der Waals surface area contributed by atoms with Gasteiger partial charge in [0.25, 0.3) is 0 Å². The fourth-order valence-electron chi connectivity index (χ4n) is 5.86. The van der Waals surface area contributed by atoms with Gasteiger partial charge in [-0.2, -0.15) is 0 Å². The third kappa shape index (κ3) is 8.04. The molecular weight excluding hydrogens is 646 g/mol. The first kappa shape index (κ1) is 38.5. The van der Waals surface area contributed by atoms with Gasteiger partial charge >= 0.3 is 0 Å². The lowest BCUT2D eigenvalue weighted by Gasteiger charge is -2.50. The molecule has 0 radical (unpaired) electrons. The molecule has 0 saturated carbocycles. The summed E-state index contributed by atoms with van der Waals surface area (Å²) in [6, 6.07) is -1.52. The van der Waals surface area contributed by atoms with Crippen molar-refractivity contribution in [3.63, 3.8) is 0 Å². The van der Waals surface area contributed by atoms with Crippen molar-refractivity contribution < 1.29 is 99.2 Å². The largest absolute Gasteiger partial charge is 0.394 e. The third-order valence-electron chi connectivity index (χ3n) is 8.57. The minimum absolute atomic E-state index is 0.703. The van der Waals surface area contributed by atoms with E-state index in [1.165, 1.54) is 6.92 Å². The van der Waals surface area contributed by atoms with Crippen molar-refractivity contribution in [2.45, 2.75) is 137 Å². The second kappa shape index (κ2) is 16.2. The Hall–Kier alpha value is -1.29. The maximum Gasteiger partial charge on any atom is 0.217 e. The lowest BCUT2D eigenvalue weighted by Crippen LogP contribution is -2.69. The van der Waals surface area contributed by atoms with E-state index < -0.39 is 148 Å². The first-order valence-corrected chi connectivity index (χ1v) is 15.0. The van der Waals surface area contributed by atoms with Gasteiger partial charge in [0, 0.05) is 6.92 Å². The van der Waals surface area contributed by atoms with E-state index in [1.807, 2.05) is 0 Å². The van der Waals surface area contributed by atoms with Crippen LogP contribution in [0.5, 0.6) is 0 Å². The fraction of sp³-hybridized carbons (Fsp3) is 0.962. The monoisotopic (exact) mass is 691 g/mol. The first-order valence-electron chi connectivity index (χ1n) is 15.0. The van der Waals surface area contributed by atoms with Gasteiger partial charge in [0.2, 0.25) is 5.91 Å². The Balaban J connectivity index is 1.73. The molecule has 0 aromatic rings. The molecule has 47 heavy (non-hydrogen) atoms. The molecule has 4 aliphatic rings. The molecule has 4 heterocycles. The number of aliphatic hydroxyl groups is 12. The minimum atomic E-state index is -1.99. The summed E-state index contributed by atoms with van der Waals surface area (Å²) in [5.74, 6) is -0.703. The van der Waals surface area contributed by atoms with E-state index in [0.29, 0.717) is 0 Å². The molecule has 21 heteroatoms. The minimum Gasteiger partial charge on any atom is -0.394 e. The van der Waals surface area contributed by atoms with E-state index in [0.717, 1.165) is 6.92 Å². The summed E-state index contributed by atoms with van der Waals surface area (Å²) in [5.41, 5.74) is 0. The van der Waals surface area contributed by atoms with Crippen molar-refractivity contribution in [2.75, 3.05) is 19.8 Å². The molecule has 0 spiro atoms. The number of rotatable bonds is 10. The van der Waals surface area contributed by atoms with Crippen LogP contribution in [0.1, 0.15) is 13.8 Å². The van der Waals surface area contributed by atoms with Gasteiger partial charge < -0.3 is 99.8 Å². The molecule has 0 bridgehead atoms. The third-order valence-corrected chi connectivity index (χ3v) is 8.57. The Kier molecular flexibility index (Phi) is 13.2. The molecule has 4 aliphatic heterocycles. The van der Waals surface area contributed by atoms with Crippen LogP contribution in [0.2, 0.25) is 0 Å². The van der Waals surface area contributed by atoms with Crippen LogP contribution < -0.4 is 5.32 Å². The van der Waals surface area contributed by atoms with Crippen molar-refractivity contribution in [1.29, 1.82) is 0 Å². The Morgan fingerprint density at radius 2 is 1.00 bits per heavy atom. The second-order valence-electron chi connectivity index (χ2n) is 11.9. The zero-order chi connectivity index (χ0) is 34.9. The maximum atomic E-state index is 12.0. The Morgan fingerprint density at radius 3 is 1.57 bits per heavy atom. The Bertz CT molecular complexity index is 1010. The van der Waals surface area contributed by atoms with Crippen LogP contribution in [0.25, 0.3) is 0 Å². The maximum absolute atomic E-state index is 12.0. The summed E-state index contributed by atoms with van der Waals surface area (Å²) in [4.78, 5) is 12.0. The lowest BCUT2D eigenvalue weighted by atomic mass is 9.94. The number of carbonyl (C=O) groups excluding carboxylic acids is 1. The molecule has 4 saturated heterocycles. The van der Waals surface area contributed by atoms with Crippen molar-refractivity contribution in [3.8, 4) is 0 Å². The number of ether oxygens (including phenoxy) is 7. The Labute approximate surface area is 267 Å². The summed E-state index contributed by atoms with van der Waals surface area (Å²) in [6.45, 7) is -0.153. The molecule has 274 valence electrons. The number of amides is 1. The average molecular weight is 692 g/mol. The van der Waals surface area contributed by atoms with Crippen molar-refractivity contribution in [1.82, 2.24) is 5.32 Å². The van der Waals surface area contributed by atoms with Crippen LogP contribution >= 0.6 is 0 Å². The fourth-order valence-corrected chi connectivity index (χ4v) is 5.86. The van der Waals surface area contributed by atoms with Gasteiger partial charge in [0.05, 0.1) is 25.9 Å². The Morgan fingerprint density at radius 1 is 0.553 bits per heavy atom. The van der Waals surface area contributed by atoms with E-state index in [-0.39, 0.29) is 0 Å². The predicted molar refractivity (Wildman–Crippen MR) is 144 cm³/mol. The van der Waals surface area contributed by atoms with Gasteiger partial charge in [0.15, 0.2) is 25.2 Å². The molecule has 20 unspecified atom stereocenters. The highest BCUT2D eigenvalue weighted by atomic mass is 16.8. The van der Waals surface area contributed by atoms with Gasteiger partial charge in [-0.05, 0) is 6.92 Å². The summed E-state index contributed by atoms with van der Waals surface area (Å²) in [5, 5.41) is 127. The van der Waals surface area contributed by atoms with E-state index >= 15 is 0 Å². The molecule has 4 rings (SSSR count). The predicted octanol–water partition coefficient (Wildman–Crippen LogP) is -8.58. The van der Waals surface area contributed by atoms with Gasteiger partial charge in [-0.3, -0.25) is 4.79 Å². The molecule has 0 aromatic heterocycles. The summed E-state index contributed by atoms with van der Waals surface area (Å²) in [6.07, 6.45) is -33.2. The first-order chi connectivity index (χ1) is 22.1. The second-order valence-corrected chi connectivity index (χ2v) is 11.9. The van der Waals surface area contributed by atoms with E-state index in [9.17, 15) is 66.1 Å². The summed E-state index contributed by atoms with van der Waals surface area (Å²) >= 11 is 0. The number of aliphatic hydroxyl groups excluding tert-OH is 12. The number of carbonyl (C=O) groups is 1. The summed E-state index contributed by atoms with van der Waals surface area (Å²) < 4.78 is 39.5. The highest BCUT2D eigenvalue weighted by Crippen LogP contribution is 2.35. The number of hydrogen-bond donors (Lipinski definition) is 13. The molecule has 1 amide bonds. The number of hydrogen-bond acceptors (Lipinski definition) is 20. The van der Waals surface area contributed by atoms with Crippen molar-refractivity contribution in [3.05, 3.63) is 0 Å². The standard InChI is InChI=1S/C26H45NO20/c1-6-12(32)16(36)18(38)24(41-6)47-22-21(46-25-19(39)17(37)13(33)8(3-28)43-25)15(35)10(5-30)44-26(22)45-20-11(27-7(2)31)23(40)42-9(4-29)14(20)34/h6,8-26,28-30,32-40H,3-5H2,1-2H3,(H,27,31). The molecular formula is C26H45NO20. The molecule has 4 fully saturated rings. The van der Waals surface area contributed by atoms with Gasteiger partial charge in [0.1, 0.15) is 91.5 Å². The highest BCUT2D eigenvalue weighted by molar-refractivity contribution is 5.73. The van der Waals surface area contributed by atoms with E-state index in [4.69, 9.17) is 33.2 Å². The van der Waals surface area contributed by atoms with Gasteiger partial charge in [-0.1, -0.05) is 0 Å². The highest BCUT2D eigenvalue weighted by Gasteiger charge is 2.56. The van der Waals surface area contributed by atoms with Gasteiger partial charge in [-0.15, -0.1) is 0 Å². The smallest absolute Gasteiger partial charge is 0.217 e. The van der Waals surface area contributed by atoms with E-state index in [2.05, 4.69) is 5.32 Å². The molecule has 13 N–H and O–H groups in total. The molecule has 21 nitrogen and oxygen atoms in total. The van der Waals surface area contributed by atoms with Crippen molar-refractivity contribution in [2.24, 2.45) is 0 Å². The molecule has 0 aliphatic carbocycles.